The van der Waals surface area contributed by atoms with E-state index in [0.29, 0.717) is 18.8 Å². The number of nitrogens with zero attached hydrogens (tertiary/aromatic N) is 3. The summed E-state index contributed by atoms with van der Waals surface area (Å²) in [6, 6.07) is 11.5. The van der Waals surface area contributed by atoms with E-state index in [2.05, 4.69) is 15.2 Å². The molecule has 0 atom stereocenters. The van der Waals surface area contributed by atoms with E-state index < -0.39 is 0 Å². The fraction of sp³-hybridized carbons (Fsp3) is 0.188. The van der Waals surface area contributed by atoms with E-state index >= 15 is 0 Å². The molecule has 6 nitrogen and oxygen atoms in total. The molecule has 22 heavy (non-hydrogen) atoms. The second-order valence-corrected chi connectivity index (χ2v) is 4.92. The third-order valence-corrected chi connectivity index (χ3v) is 3.42. The minimum Gasteiger partial charge on any atom is -0.497 e. The molecule has 3 rings (SSSR count). The van der Waals surface area contributed by atoms with Crippen molar-refractivity contribution < 1.29 is 4.74 Å². The van der Waals surface area contributed by atoms with Gasteiger partial charge in [0.05, 0.1) is 13.7 Å². The molecule has 0 aliphatic carbocycles. The summed E-state index contributed by atoms with van der Waals surface area (Å²) in [6.07, 6.45) is 4.05. The van der Waals surface area contributed by atoms with Crippen LogP contribution >= 0.6 is 0 Å². The quantitative estimate of drug-likeness (QED) is 0.776. The smallest absolute Gasteiger partial charge is 0.343 e. The van der Waals surface area contributed by atoms with Crippen LogP contribution in [0.4, 0.5) is 0 Å². The van der Waals surface area contributed by atoms with Crippen LogP contribution in [0.2, 0.25) is 0 Å². The van der Waals surface area contributed by atoms with Crippen LogP contribution in [-0.4, -0.2) is 26.9 Å². The van der Waals surface area contributed by atoms with Crippen LogP contribution in [0.3, 0.4) is 0 Å². The van der Waals surface area contributed by atoms with Crippen molar-refractivity contribution in [1.29, 1.82) is 0 Å². The average Bonchev–Trinajstić information content (AvgIpc) is 2.90. The second-order valence-electron chi connectivity index (χ2n) is 4.92. The fourth-order valence-corrected chi connectivity index (χ4v) is 2.25. The molecule has 3 aromatic rings. The maximum Gasteiger partial charge on any atom is 0.343 e. The van der Waals surface area contributed by atoms with Gasteiger partial charge in [0.1, 0.15) is 11.6 Å². The molecule has 0 unspecified atom stereocenters. The lowest BCUT2D eigenvalue weighted by Crippen LogP contribution is -2.19. The Balaban J connectivity index is 1.84. The monoisotopic (exact) mass is 296 g/mol. The maximum absolute atomic E-state index is 12.0. The fourth-order valence-electron chi connectivity index (χ4n) is 2.25. The van der Waals surface area contributed by atoms with Crippen molar-refractivity contribution in [1.82, 2.24) is 19.7 Å². The first kappa shape index (κ1) is 14.1. The Morgan fingerprint density at radius 2 is 2.00 bits per heavy atom. The zero-order valence-electron chi connectivity index (χ0n) is 12.2. The number of rotatable bonds is 5. The highest BCUT2D eigenvalue weighted by Gasteiger charge is 2.10. The van der Waals surface area contributed by atoms with Crippen molar-refractivity contribution >= 4 is 0 Å². The molecule has 2 heterocycles. The van der Waals surface area contributed by atoms with Gasteiger partial charge < -0.3 is 4.74 Å². The normalized spacial score (nSPS) is 10.6. The van der Waals surface area contributed by atoms with Gasteiger partial charge in [0.2, 0.25) is 0 Å². The minimum atomic E-state index is -0.213. The molecular formula is C16H16N4O2. The molecule has 0 amide bonds. The molecule has 0 saturated carbocycles. The first-order valence-electron chi connectivity index (χ1n) is 6.92. The van der Waals surface area contributed by atoms with E-state index in [0.717, 1.165) is 16.9 Å². The van der Waals surface area contributed by atoms with Gasteiger partial charge in [-0.15, -0.1) is 0 Å². The molecule has 0 aliphatic heterocycles. The van der Waals surface area contributed by atoms with Crippen molar-refractivity contribution in [3.8, 4) is 5.75 Å². The Labute approximate surface area is 127 Å². The number of hydrogen-bond donors (Lipinski definition) is 1. The second kappa shape index (κ2) is 6.26. The first-order chi connectivity index (χ1) is 10.8. The number of aromatic amines is 1. The third-order valence-electron chi connectivity index (χ3n) is 3.42. The lowest BCUT2D eigenvalue weighted by Gasteiger charge is -2.07. The number of pyridine rings is 1. The molecule has 1 N–H and O–H groups in total. The van der Waals surface area contributed by atoms with Gasteiger partial charge in [0, 0.05) is 18.8 Å². The Morgan fingerprint density at radius 3 is 2.68 bits per heavy atom. The SMILES string of the molecule is COc1ccc(Cn2c(Cc3cccnc3)n[nH]c2=O)cc1. The van der Waals surface area contributed by atoms with Crippen LogP contribution in [0, 0.1) is 0 Å². The van der Waals surface area contributed by atoms with Crippen LogP contribution in [0.1, 0.15) is 17.0 Å². The van der Waals surface area contributed by atoms with Gasteiger partial charge >= 0.3 is 5.69 Å². The van der Waals surface area contributed by atoms with Gasteiger partial charge in [-0.05, 0) is 29.3 Å². The number of methoxy groups -OCH3 is 1. The van der Waals surface area contributed by atoms with E-state index in [-0.39, 0.29) is 5.69 Å². The van der Waals surface area contributed by atoms with E-state index in [9.17, 15) is 4.79 Å². The van der Waals surface area contributed by atoms with Crippen molar-refractivity contribution in [3.63, 3.8) is 0 Å². The minimum absolute atomic E-state index is 0.213. The highest BCUT2D eigenvalue weighted by atomic mass is 16.5. The molecule has 1 aromatic carbocycles. The van der Waals surface area contributed by atoms with Crippen LogP contribution < -0.4 is 10.4 Å². The molecule has 0 aliphatic rings. The van der Waals surface area contributed by atoms with Crippen LogP contribution in [0.25, 0.3) is 0 Å². The van der Waals surface area contributed by atoms with E-state index in [4.69, 9.17) is 4.74 Å². The summed E-state index contributed by atoms with van der Waals surface area (Å²) in [5, 5.41) is 6.63. The zero-order chi connectivity index (χ0) is 15.4. The maximum atomic E-state index is 12.0. The Kier molecular flexibility index (Phi) is 4.00. The molecule has 0 spiro atoms. The van der Waals surface area contributed by atoms with Gasteiger partial charge in [-0.3, -0.25) is 9.55 Å². The summed E-state index contributed by atoms with van der Waals surface area (Å²) < 4.78 is 6.77. The standard InChI is InChI=1S/C16H16N4O2/c1-22-14-6-4-12(5-7-14)11-20-15(18-19-16(20)21)9-13-3-2-8-17-10-13/h2-8,10H,9,11H2,1H3,(H,19,21). The van der Waals surface area contributed by atoms with Crippen LogP contribution in [0.15, 0.2) is 53.6 Å². The topological polar surface area (TPSA) is 72.8 Å². The molecule has 6 heteroatoms. The van der Waals surface area contributed by atoms with E-state index in [1.165, 1.54) is 0 Å². The zero-order valence-corrected chi connectivity index (χ0v) is 12.2. The van der Waals surface area contributed by atoms with Crippen molar-refractivity contribution in [3.05, 3.63) is 76.2 Å². The lowest BCUT2D eigenvalue weighted by molar-refractivity contribution is 0.414. The summed E-state index contributed by atoms with van der Waals surface area (Å²) >= 11 is 0. The summed E-state index contributed by atoms with van der Waals surface area (Å²) in [5.41, 5.74) is 1.81. The van der Waals surface area contributed by atoms with Gasteiger partial charge in [-0.1, -0.05) is 18.2 Å². The van der Waals surface area contributed by atoms with Crippen LogP contribution in [-0.2, 0) is 13.0 Å². The molecule has 0 radical (unpaired) electrons. The summed E-state index contributed by atoms with van der Waals surface area (Å²) in [4.78, 5) is 16.0. The van der Waals surface area contributed by atoms with Gasteiger partial charge in [0.15, 0.2) is 0 Å². The predicted molar refractivity (Wildman–Crippen MR) is 82.0 cm³/mol. The number of nitrogens with one attached hydrogen (secondary N) is 1. The molecule has 0 fully saturated rings. The molecule has 112 valence electrons. The Morgan fingerprint density at radius 1 is 1.18 bits per heavy atom. The summed E-state index contributed by atoms with van der Waals surface area (Å²) in [6.45, 7) is 0.467. The average molecular weight is 296 g/mol. The molecular weight excluding hydrogens is 280 g/mol. The van der Waals surface area contributed by atoms with Gasteiger partial charge in [-0.2, -0.15) is 5.10 Å². The van der Waals surface area contributed by atoms with E-state index in [1.807, 2.05) is 36.4 Å². The summed E-state index contributed by atoms with van der Waals surface area (Å²) in [7, 11) is 1.63. The van der Waals surface area contributed by atoms with Gasteiger partial charge in [0.25, 0.3) is 0 Å². The van der Waals surface area contributed by atoms with Crippen molar-refractivity contribution in [2.45, 2.75) is 13.0 Å². The Bertz CT molecular complexity index is 791. The molecule has 0 bridgehead atoms. The molecule has 0 saturated heterocycles. The number of ether oxygens (including phenoxy) is 1. The molecule has 2 aromatic heterocycles. The van der Waals surface area contributed by atoms with Gasteiger partial charge in [-0.25, -0.2) is 9.89 Å². The lowest BCUT2D eigenvalue weighted by atomic mass is 10.2. The number of benzene rings is 1. The first-order valence-corrected chi connectivity index (χ1v) is 6.92. The third kappa shape index (κ3) is 3.06. The van der Waals surface area contributed by atoms with Crippen molar-refractivity contribution in [2.24, 2.45) is 0 Å². The Hall–Kier alpha value is -2.89. The predicted octanol–water partition coefficient (Wildman–Crippen LogP) is 1.61. The van der Waals surface area contributed by atoms with Crippen LogP contribution in [0.5, 0.6) is 5.75 Å². The summed E-state index contributed by atoms with van der Waals surface area (Å²) in [5.74, 6) is 1.48. The number of H-pyrrole nitrogens is 1. The highest BCUT2D eigenvalue weighted by molar-refractivity contribution is 5.27. The van der Waals surface area contributed by atoms with E-state index in [1.54, 1.807) is 24.1 Å². The number of aromatic nitrogens is 4. The highest BCUT2D eigenvalue weighted by Crippen LogP contribution is 2.13. The number of hydrogen-bond acceptors (Lipinski definition) is 4. The van der Waals surface area contributed by atoms with Crippen molar-refractivity contribution in [2.75, 3.05) is 7.11 Å². The largest absolute Gasteiger partial charge is 0.497 e.